The molecule has 6 nitrogen and oxygen atoms in total. The minimum absolute atomic E-state index is 0.135. The quantitative estimate of drug-likeness (QED) is 0.551. The van der Waals surface area contributed by atoms with Crippen molar-refractivity contribution in [3.8, 4) is 5.75 Å². The molecule has 0 atom stereocenters. The third-order valence-corrected chi connectivity index (χ3v) is 5.44. The van der Waals surface area contributed by atoms with Gasteiger partial charge in [-0.1, -0.05) is 43.5 Å². The summed E-state index contributed by atoms with van der Waals surface area (Å²) in [7, 11) is 0. The Morgan fingerprint density at radius 1 is 1.03 bits per heavy atom. The van der Waals surface area contributed by atoms with Crippen LogP contribution in [0.5, 0.6) is 5.75 Å². The van der Waals surface area contributed by atoms with Gasteiger partial charge < -0.3 is 19.8 Å². The number of ether oxygens (including phenoxy) is 1. The number of carbonyl (C=O) groups is 1. The molecule has 3 aromatic rings. The number of nitrogens with one attached hydrogen (secondary N) is 2. The van der Waals surface area contributed by atoms with Crippen LogP contribution in [0.1, 0.15) is 49.4 Å². The second-order valence-corrected chi connectivity index (χ2v) is 7.50. The maximum Gasteiger partial charge on any atom is 0.362 e. The second-order valence-electron chi connectivity index (χ2n) is 7.50. The lowest BCUT2D eigenvalue weighted by Gasteiger charge is -2.25. The number of hydrogen-bond donors (Lipinski definition) is 2. The van der Waals surface area contributed by atoms with Crippen molar-refractivity contribution in [1.29, 1.82) is 0 Å². The van der Waals surface area contributed by atoms with Gasteiger partial charge in [0.2, 0.25) is 0 Å². The van der Waals surface area contributed by atoms with E-state index < -0.39 is 11.5 Å². The van der Waals surface area contributed by atoms with Crippen molar-refractivity contribution in [2.45, 2.75) is 45.1 Å². The van der Waals surface area contributed by atoms with Crippen LogP contribution in [0.2, 0.25) is 0 Å². The van der Waals surface area contributed by atoms with Gasteiger partial charge in [0.05, 0.1) is 17.9 Å². The van der Waals surface area contributed by atoms with Crippen molar-refractivity contribution in [3.63, 3.8) is 0 Å². The molecule has 0 aliphatic heterocycles. The minimum atomic E-state index is -0.575. The molecule has 1 aromatic heterocycles. The van der Waals surface area contributed by atoms with Crippen molar-refractivity contribution in [2.24, 2.45) is 0 Å². The molecule has 0 bridgehead atoms. The average molecular weight is 406 g/mol. The van der Waals surface area contributed by atoms with Gasteiger partial charge >= 0.3 is 5.63 Å². The predicted molar refractivity (Wildman–Crippen MR) is 119 cm³/mol. The van der Waals surface area contributed by atoms with Crippen LogP contribution in [0.3, 0.4) is 0 Å². The third-order valence-electron chi connectivity index (χ3n) is 5.44. The summed E-state index contributed by atoms with van der Waals surface area (Å²) in [5.74, 6) is 0.0674. The maximum absolute atomic E-state index is 13.0. The minimum Gasteiger partial charge on any atom is -0.493 e. The number of carbonyl (C=O) groups excluding carboxylic acids is 1. The SMILES string of the molecule is CCOc1ccccc1C(=O)Nc1c(NC2CCCCC2)c2ccccc2oc1=O. The Kier molecular flexibility index (Phi) is 6.02. The summed E-state index contributed by atoms with van der Waals surface area (Å²) in [5.41, 5.74) is 1.05. The first-order chi connectivity index (χ1) is 14.7. The molecule has 0 saturated heterocycles. The number of anilines is 2. The molecule has 1 amide bonds. The van der Waals surface area contributed by atoms with Crippen LogP contribution >= 0.6 is 0 Å². The van der Waals surface area contributed by atoms with E-state index in [0.717, 1.165) is 31.1 Å². The van der Waals surface area contributed by atoms with E-state index in [9.17, 15) is 9.59 Å². The lowest BCUT2D eigenvalue weighted by molar-refractivity contribution is 0.102. The van der Waals surface area contributed by atoms with Gasteiger partial charge in [-0.05, 0) is 44.0 Å². The topological polar surface area (TPSA) is 80.6 Å². The predicted octanol–water partition coefficient (Wildman–Crippen LogP) is 5.19. The molecule has 2 aromatic carbocycles. The molecule has 0 radical (unpaired) electrons. The van der Waals surface area contributed by atoms with E-state index in [1.54, 1.807) is 24.3 Å². The Hall–Kier alpha value is -3.28. The van der Waals surface area contributed by atoms with Crippen molar-refractivity contribution < 1.29 is 13.9 Å². The Balaban J connectivity index is 1.74. The molecule has 1 heterocycles. The molecule has 1 fully saturated rings. The second kappa shape index (κ2) is 9.03. The largest absolute Gasteiger partial charge is 0.493 e. The van der Waals surface area contributed by atoms with E-state index in [1.807, 2.05) is 31.2 Å². The number of amides is 1. The number of fused-ring (bicyclic) bond motifs is 1. The lowest BCUT2D eigenvalue weighted by Crippen LogP contribution is -2.26. The normalized spacial score (nSPS) is 14.4. The fourth-order valence-corrected chi connectivity index (χ4v) is 3.98. The molecule has 0 spiro atoms. The van der Waals surface area contributed by atoms with Crippen molar-refractivity contribution in [2.75, 3.05) is 17.2 Å². The third kappa shape index (κ3) is 4.17. The van der Waals surface area contributed by atoms with Gasteiger partial charge in [0.15, 0.2) is 5.69 Å². The Morgan fingerprint density at radius 3 is 2.57 bits per heavy atom. The smallest absolute Gasteiger partial charge is 0.362 e. The van der Waals surface area contributed by atoms with Gasteiger partial charge in [0.25, 0.3) is 5.91 Å². The Bertz CT molecular complexity index is 1100. The molecular weight excluding hydrogens is 380 g/mol. The van der Waals surface area contributed by atoms with E-state index in [0.29, 0.717) is 29.2 Å². The molecule has 1 aliphatic rings. The Morgan fingerprint density at radius 2 is 1.77 bits per heavy atom. The molecule has 2 N–H and O–H groups in total. The van der Waals surface area contributed by atoms with Crippen LogP contribution in [0.15, 0.2) is 57.7 Å². The fourth-order valence-electron chi connectivity index (χ4n) is 3.98. The highest BCUT2D eigenvalue weighted by molar-refractivity contribution is 6.09. The van der Waals surface area contributed by atoms with Crippen LogP contribution in [0.4, 0.5) is 11.4 Å². The molecular formula is C24H26N2O4. The molecule has 1 aliphatic carbocycles. The van der Waals surface area contributed by atoms with Crippen LogP contribution in [-0.4, -0.2) is 18.6 Å². The van der Waals surface area contributed by atoms with E-state index in [-0.39, 0.29) is 11.7 Å². The average Bonchev–Trinajstić information content (AvgIpc) is 2.77. The zero-order valence-electron chi connectivity index (χ0n) is 17.1. The summed E-state index contributed by atoms with van der Waals surface area (Å²) in [4.78, 5) is 25.9. The van der Waals surface area contributed by atoms with Crippen molar-refractivity contribution >= 4 is 28.3 Å². The molecule has 156 valence electrons. The number of rotatable bonds is 6. The van der Waals surface area contributed by atoms with Crippen LogP contribution in [0, 0.1) is 0 Å². The first-order valence-corrected chi connectivity index (χ1v) is 10.5. The molecule has 0 unspecified atom stereocenters. The van der Waals surface area contributed by atoms with Crippen LogP contribution < -0.4 is 21.0 Å². The van der Waals surface area contributed by atoms with E-state index in [4.69, 9.17) is 9.15 Å². The highest BCUT2D eigenvalue weighted by Gasteiger charge is 2.22. The summed E-state index contributed by atoms with van der Waals surface area (Å²) in [5, 5.41) is 7.09. The van der Waals surface area contributed by atoms with E-state index >= 15 is 0 Å². The standard InChI is InChI=1S/C24H26N2O4/c1-2-29-19-14-8-7-13-18(19)23(27)26-22-21(25-16-10-4-3-5-11-16)17-12-6-9-15-20(17)30-24(22)28/h6-9,12-16,25H,2-5,10-11H2,1H3,(H,26,27). The van der Waals surface area contributed by atoms with Crippen LogP contribution in [0.25, 0.3) is 11.0 Å². The summed E-state index contributed by atoms with van der Waals surface area (Å²) in [6.45, 7) is 2.30. The lowest BCUT2D eigenvalue weighted by atomic mass is 9.95. The van der Waals surface area contributed by atoms with Gasteiger partial charge in [0, 0.05) is 11.4 Å². The molecule has 1 saturated carbocycles. The highest BCUT2D eigenvalue weighted by Crippen LogP contribution is 2.32. The summed E-state index contributed by atoms with van der Waals surface area (Å²) >= 11 is 0. The molecule has 4 rings (SSSR count). The zero-order chi connectivity index (χ0) is 20.9. The van der Waals surface area contributed by atoms with Gasteiger partial charge in [-0.3, -0.25) is 4.79 Å². The van der Waals surface area contributed by atoms with E-state index in [1.165, 1.54) is 6.42 Å². The first kappa shape index (κ1) is 20.0. The fraction of sp³-hybridized carbons (Fsp3) is 0.333. The molecule has 6 heteroatoms. The monoisotopic (exact) mass is 406 g/mol. The summed E-state index contributed by atoms with van der Waals surface area (Å²) < 4.78 is 11.1. The van der Waals surface area contributed by atoms with Gasteiger partial charge in [-0.2, -0.15) is 0 Å². The van der Waals surface area contributed by atoms with Gasteiger partial charge in [0.1, 0.15) is 11.3 Å². The van der Waals surface area contributed by atoms with Crippen molar-refractivity contribution in [1.82, 2.24) is 0 Å². The highest BCUT2D eigenvalue weighted by atomic mass is 16.5. The van der Waals surface area contributed by atoms with E-state index in [2.05, 4.69) is 10.6 Å². The summed E-state index contributed by atoms with van der Waals surface area (Å²) in [6.07, 6.45) is 5.61. The number of para-hydroxylation sites is 2. The van der Waals surface area contributed by atoms with Crippen LogP contribution in [-0.2, 0) is 0 Å². The maximum atomic E-state index is 13.0. The number of hydrogen-bond acceptors (Lipinski definition) is 5. The molecule has 30 heavy (non-hydrogen) atoms. The van der Waals surface area contributed by atoms with Gasteiger partial charge in [-0.25, -0.2) is 4.79 Å². The van der Waals surface area contributed by atoms with Gasteiger partial charge in [-0.15, -0.1) is 0 Å². The number of benzene rings is 2. The summed E-state index contributed by atoms with van der Waals surface area (Å²) in [6, 6.07) is 14.6. The Labute approximate surface area is 175 Å². The first-order valence-electron chi connectivity index (χ1n) is 10.5. The van der Waals surface area contributed by atoms with Crippen molar-refractivity contribution in [3.05, 3.63) is 64.5 Å². The zero-order valence-corrected chi connectivity index (χ0v) is 17.1.